The molecule has 0 heterocycles. The van der Waals surface area contributed by atoms with Gasteiger partial charge in [-0.1, -0.05) is 12.8 Å². The van der Waals surface area contributed by atoms with Gasteiger partial charge in [0, 0.05) is 17.1 Å². The van der Waals surface area contributed by atoms with Crippen LogP contribution in [0.2, 0.25) is 0 Å². The SMILES string of the molecule is O=C(O)C1CCCC1.[Mn]. The molecule has 1 aliphatic rings. The van der Waals surface area contributed by atoms with Crippen LogP contribution in [0.25, 0.3) is 0 Å². The molecule has 0 spiro atoms. The van der Waals surface area contributed by atoms with Gasteiger partial charge in [-0.25, -0.2) is 0 Å². The summed E-state index contributed by atoms with van der Waals surface area (Å²) in [5.74, 6) is -0.627. The van der Waals surface area contributed by atoms with Crippen molar-refractivity contribution >= 4 is 5.97 Å². The largest absolute Gasteiger partial charge is 0.481 e. The normalized spacial score (nSPS) is 19.1. The van der Waals surface area contributed by atoms with E-state index in [-0.39, 0.29) is 23.0 Å². The van der Waals surface area contributed by atoms with Crippen molar-refractivity contribution in [2.75, 3.05) is 0 Å². The van der Waals surface area contributed by atoms with E-state index in [2.05, 4.69) is 0 Å². The fraction of sp³-hybridized carbons (Fsp3) is 0.833. The number of aliphatic carboxylic acids is 1. The van der Waals surface area contributed by atoms with Crippen LogP contribution >= 0.6 is 0 Å². The van der Waals surface area contributed by atoms with Gasteiger partial charge in [-0.3, -0.25) is 4.79 Å². The summed E-state index contributed by atoms with van der Waals surface area (Å²) in [5, 5.41) is 8.41. The van der Waals surface area contributed by atoms with Gasteiger partial charge in [-0.05, 0) is 12.8 Å². The summed E-state index contributed by atoms with van der Waals surface area (Å²) in [4.78, 5) is 10.2. The average Bonchev–Trinajstić information content (AvgIpc) is 2.12. The Kier molecular flexibility index (Phi) is 3.91. The van der Waals surface area contributed by atoms with Crippen LogP contribution in [0.5, 0.6) is 0 Å². The minimum Gasteiger partial charge on any atom is -0.481 e. The molecule has 0 unspecified atom stereocenters. The molecular formula is C6H10MnO2. The van der Waals surface area contributed by atoms with Crippen molar-refractivity contribution in [1.82, 2.24) is 0 Å². The van der Waals surface area contributed by atoms with Gasteiger partial charge in [0.2, 0.25) is 0 Å². The number of carbonyl (C=O) groups is 1. The zero-order chi connectivity index (χ0) is 5.98. The maximum absolute atomic E-state index is 10.2. The van der Waals surface area contributed by atoms with Crippen LogP contribution in [-0.4, -0.2) is 11.1 Å². The first kappa shape index (κ1) is 8.99. The van der Waals surface area contributed by atoms with Crippen molar-refractivity contribution < 1.29 is 27.0 Å². The van der Waals surface area contributed by atoms with E-state index < -0.39 is 5.97 Å². The number of hydrogen-bond donors (Lipinski definition) is 1. The standard InChI is InChI=1S/C6H10O2.Mn/c7-6(8)5-3-1-2-4-5;/h5H,1-4H2,(H,7,8);. The topological polar surface area (TPSA) is 37.3 Å². The first-order valence-corrected chi connectivity index (χ1v) is 3.03. The van der Waals surface area contributed by atoms with Gasteiger partial charge in [0.25, 0.3) is 0 Å². The van der Waals surface area contributed by atoms with Crippen LogP contribution in [-0.2, 0) is 21.9 Å². The molecule has 0 atom stereocenters. The predicted octanol–water partition coefficient (Wildman–Crippen LogP) is 1.26. The minimum absolute atomic E-state index is 0. The van der Waals surface area contributed by atoms with E-state index in [0.29, 0.717) is 0 Å². The first-order chi connectivity index (χ1) is 3.80. The molecule has 9 heavy (non-hydrogen) atoms. The van der Waals surface area contributed by atoms with Gasteiger partial charge >= 0.3 is 5.97 Å². The molecule has 0 bridgehead atoms. The summed E-state index contributed by atoms with van der Waals surface area (Å²) in [6.07, 6.45) is 4.01. The van der Waals surface area contributed by atoms with E-state index in [1.54, 1.807) is 0 Å². The third-order valence-electron chi connectivity index (χ3n) is 1.70. The molecule has 0 saturated heterocycles. The van der Waals surface area contributed by atoms with Crippen molar-refractivity contribution in [1.29, 1.82) is 0 Å². The average molecular weight is 169 g/mol. The Labute approximate surface area is 65.1 Å². The number of carboxylic acids is 1. The van der Waals surface area contributed by atoms with Gasteiger partial charge in [-0.2, -0.15) is 0 Å². The molecule has 0 aromatic rings. The monoisotopic (exact) mass is 169 g/mol. The second-order valence-electron chi connectivity index (χ2n) is 2.32. The Hall–Kier alpha value is -0.0105. The zero-order valence-corrected chi connectivity index (χ0v) is 6.32. The van der Waals surface area contributed by atoms with Crippen molar-refractivity contribution in [3.05, 3.63) is 0 Å². The van der Waals surface area contributed by atoms with E-state index >= 15 is 0 Å². The Morgan fingerprint density at radius 2 is 1.78 bits per heavy atom. The molecule has 1 rings (SSSR count). The third-order valence-corrected chi connectivity index (χ3v) is 1.70. The van der Waals surface area contributed by atoms with E-state index in [1.807, 2.05) is 0 Å². The van der Waals surface area contributed by atoms with Gasteiger partial charge < -0.3 is 5.11 Å². The molecular weight excluding hydrogens is 159 g/mol. The summed E-state index contributed by atoms with van der Waals surface area (Å²) < 4.78 is 0. The second-order valence-corrected chi connectivity index (χ2v) is 2.32. The molecule has 1 saturated carbocycles. The molecule has 1 aliphatic carbocycles. The maximum Gasteiger partial charge on any atom is 0.306 e. The summed E-state index contributed by atoms with van der Waals surface area (Å²) in [6, 6.07) is 0. The van der Waals surface area contributed by atoms with Crippen molar-refractivity contribution in [2.24, 2.45) is 5.92 Å². The van der Waals surface area contributed by atoms with Gasteiger partial charge in [-0.15, -0.1) is 0 Å². The smallest absolute Gasteiger partial charge is 0.306 e. The van der Waals surface area contributed by atoms with E-state index in [0.717, 1.165) is 25.7 Å². The molecule has 53 valence electrons. The molecule has 0 aromatic carbocycles. The van der Waals surface area contributed by atoms with Crippen LogP contribution in [0.15, 0.2) is 0 Å². The van der Waals surface area contributed by atoms with Gasteiger partial charge in [0.05, 0.1) is 5.92 Å². The first-order valence-electron chi connectivity index (χ1n) is 3.03. The van der Waals surface area contributed by atoms with E-state index in [4.69, 9.17) is 5.11 Å². The molecule has 0 aromatic heterocycles. The van der Waals surface area contributed by atoms with Gasteiger partial charge in [0.15, 0.2) is 0 Å². The second kappa shape index (κ2) is 3.91. The van der Waals surface area contributed by atoms with Crippen LogP contribution in [0.1, 0.15) is 25.7 Å². The molecule has 2 nitrogen and oxygen atoms in total. The Balaban J connectivity index is 0.000000640. The Morgan fingerprint density at radius 3 is 2.00 bits per heavy atom. The van der Waals surface area contributed by atoms with Crippen LogP contribution in [0, 0.1) is 5.92 Å². The zero-order valence-electron chi connectivity index (χ0n) is 5.14. The number of carboxylic acid groups (broad SMARTS) is 1. The van der Waals surface area contributed by atoms with Crippen molar-refractivity contribution in [3.8, 4) is 0 Å². The number of hydrogen-bond acceptors (Lipinski definition) is 1. The Bertz CT molecular complexity index is 97.2. The maximum atomic E-state index is 10.2. The van der Waals surface area contributed by atoms with Crippen LogP contribution in [0.4, 0.5) is 0 Å². The van der Waals surface area contributed by atoms with Crippen LogP contribution in [0.3, 0.4) is 0 Å². The summed E-state index contributed by atoms with van der Waals surface area (Å²) in [6.45, 7) is 0. The quantitative estimate of drug-likeness (QED) is 0.600. The van der Waals surface area contributed by atoms with Gasteiger partial charge in [0.1, 0.15) is 0 Å². The molecule has 1 fully saturated rings. The molecule has 1 radical (unpaired) electrons. The Morgan fingerprint density at radius 1 is 1.33 bits per heavy atom. The van der Waals surface area contributed by atoms with Crippen molar-refractivity contribution in [3.63, 3.8) is 0 Å². The van der Waals surface area contributed by atoms with Crippen LogP contribution < -0.4 is 0 Å². The molecule has 1 N–H and O–H groups in total. The minimum atomic E-state index is -0.609. The summed E-state index contributed by atoms with van der Waals surface area (Å²) >= 11 is 0. The fourth-order valence-corrected chi connectivity index (χ4v) is 1.17. The van der Waals surface area contributed by atoms with Crippen molar-refractivity contribution in [2.45, 2.75) is 25.7 Å². The third kappa shape index (κ3) is 2.37. The summed E-state index contributed by atoms with van der Waals surface area (Å²) in [7, 11) is 0. The van der Waals surface area contributed by atoms with E-state index in [1.165, 1.54) is 0 Å². The fourth-order valence-electron chi connectivity index (χ4n) is 1.17. The number of rotatable bonds is 1. The predicted molar refractivity (Wildman–Crippen MR) is 29.6 cm³/mol. The summed E-state index contributed by atoms with van der Waals surface area (Å²) in [5.41, 5.74) is 0. The molecule has 3 heteroatoms. The molecule has 0 aliphatic heterocycles. The van der Waals surface area contributed by atoms with E-state index in [9.17, 15) is 4.79 Å². The molecule has 0 amide bonds.